The van der Waals surface area contributed by atoms with Gasteiger partial charge in [0.25, 0.3) is 0 Å². The van der Waals surface area contributed by atoms with Crippen molar-refractivity contribution in [3.05, 3.63) is 33.8 Å². The number of ether oxygens (including phenoxy) is 1. The zero-order valence-electron chi connectivity index (χ0n) is 13.2. The molecule has 0 amide bonds. The van der Waals surface area contributed by atoms with E-state index in [4.69, 9.17) is 4.74 Å². The van der Waals surface area contributed by atoms with Crippen LogP contribution < -0.4 is 5.32 Å². The average Bonchev–Trinajstić information content (AvgIpc) is 2.50. The van der Waals surface area contributed by atoms with E-state index in [0.29, 0.717) is 0 Å². The van der Waals surface area contributed by atoms with Crippen LogP contribution in [0.5, 0.6) is 0 Å². The van der Waals surface area contributed by atoms with Crippen LogP contribution in [0.25, 0.3) is 0 Å². The Balaban J connectivity index is 1.86. The highest BCUT2D eigenvalue weighted by molar-refractivity contribution is 9.10. The smallest absolute Gasteiger partial charge is 0.0491 e. The molecular formula is C17H27BrN2O. The highest BCUT2D eigenvalue weighted by atomic mass is 79.9. The zero-order chi connectivity index (χ0) is 15.1. The van der Waals surface area contributed by atoms with Crippen LogP contribution in [0.3, 0.4) is 0 Å². The minimum absolute atomic E-state index is 0.747. The fourth-order valence-corrected chi connectivity index (χ4v) is 3.44. The zero-order valence-corrected chi connectivity index (χ0v) is 14.8. The first-order valence-corrected chi connectivity index (χ1v) is 8.71. The van der Waals surface area contributed by atoms with E-state index < -0.39 is 0 Å². The summed E-state index contributed by atoms with van der Waals surface area (Å²) in [5.74, 6) is 0.747. The van der Waals surface area contributed by atoms with Gasteiger partial charge in [0.1, 0.15) is 0 Å². The maximum Gasteiger partial charge on any atom is 0.0491 e. The molecule has 1 N–H and O–H groups in total. The number of likely N-dealkylation sites (tertiary alicyclic amines) is 1. The highest BCUT2D eigenvalue weighted by Crippen LogP contribution is 2.23. The lowest BCUT2D eigenvalue weighted by molar-refractivity contribution is 0.0967. The monoisotopic (exact) mass is 354 g/mol. The van der Waals surface area contributed by atoms with Gasteiger partial charge in [0.15, 0.2) is 0 Å². The molecule has 1 aliphatic rings. The molecule has 2 rings (SSSR count). The van der Waals surface area contributed by atoms with Crippen molar-refractivity contribution in [3.8, 4) is 0 Å². The second kappa shape index (κ2) is 8.89. The largest absolute Gasteiger partial charge is 0.384 e. The van der Waals surface area contributed by atoms with Crippen molar-refractivity contribution in [2.24, 2.45) is 5.92 Å². The molecule has 0 spiro atoms. The first-order chi connectivity index (χ1) is 10.2. The quantitative estimate of drug-likeness (QED) is 0.811. The van der Waals surface area contributed by atoms with Crippen LogP contribution in [0.1, 0.15) is 30.9 Å². The van der Waals surface area contributed by atoms with Crippen LogP contribution in [0.15, 0.2) is 22.7 Å². The number of halogens is 1. The molecular weight excluding hydrogens is 328 g/mol. The maximum atomic E-state index is 5.27. The molecule has 0 aliphatic carbocycles. The van der Waals surface area contributed by atoms with E-state index in [0.717, 1.165) is 32.2 Å². The minimum Gasteiger partial charge on any atom is -0.384 e. The van der Waals surface area contributed by atoms with Gasteiger partial charge in [-0.2, -0.15) is 0 Å². The van der Waals surface area contributed by atoms with Gasteiger partial charge in [-0.15, -0.1) is 0 Å². The Bertz CT molecular complexity index is 431. The van der Waals surface area contributed by atoms with Crippen molar-refractivity contribution < 1.29 is 4.74 Å². The fraction of sp³-hybridized carbons (Fsp3) is 0.647. The van der Waals surface area contributed by atoms with Crippen LogP contribution in [0.4, 0.5) is 0 Å². The minimum atomic E-state index is 0.747. The number of hydrogen-bond donors (Lipinski definition) is 1. The SMILES string of the molecule is CCNCc1ccc(CN2CCC(COC)CC2)c(Br)c1. The molecule has 1 fully saturated rings. The van der Waals surface area contributed by atoms with Gasteiger partial charge in [-0.05, 0) is 55.6 Å². The van der Waals surface area contributed by atoms with Crippen molar-refractivity contribution in [2.75, 3.05) is 33.4 Å². The Morgan fingerprint density at radius 3 is 2.71 bits per heavy atom. The van der Waals surface area contributed by atoms with E-state index in [1.54, 1.807) is 7.11 Å². The normalized spacial score (nSPS) is 17.3. The third kappa shape index (κ3) is 5.37. The molecule has 0 radical (unpaired) electrons. The summed E-state index contributed by atoms with van der Waals surface area (Å²) in [4.78, 5) is 2.55. The molecule has 1 heterocycles. The maximum absolute atomic E-state index is 5.27. The lowest BCUT2D eigenvalue weighted by Gasteiger charge is -2.31. The first kappa shape index (κ1) is 16.9. The summed E-state index contributed by atoms with van der Waals surface area (Å²) in [5, 5.41) is 3.37. The highest BCUT2D eigenvalue weighted by Gasteiger charge is 2.19. The number of nitrogens with zero attached hydrogens (tertiary/aromatic N) is 1. The van der Waals surface area contributed by atoms with E-state index in [1.165, 1.54) is 41.5 Å². The molecule has 0 bridgehead atoms. The molecule has 118 valence electrons. The third-order valence-electron chi connectivity index (χ3n) is 4.20. The van der Waals surface area contributed by atoms with Gasteiger partial charge in [-0.3, -0.25) is 4.90 Å². The van der Waals surface area contributed by atoms with E-state index >= 15 is 0 Å². The van der Waals surface area contributed by atoms with Gasteiger partial charge in [0, 0.05) is 31.3 Å². The number of rotatable bonds is 7. The second-order valence-electron chi connectivity index (χ2n) is 5.88. The Morgan fingerprint density at radius 2 is 2.10 bits per heavy atom. The van der Waals surface area contributed by atoms with Crippen molar-refractivity contribution in [3.63, 3.8) is 0 Å². The van der Waals surface area contributed by atoms with Gasteiger partial charge in [-0.1, -0.05) is 35.0 Å². The lowest BCUT2D eigenvalue weighted by Crippen LogP contribution is -2.34. The van der Waals surface area contributed by atoms with E-state index in [2.05, 4.69) is 51.3 Å². The topological polar surface area (TPSA) is 24.5 Å². The molecule has 1 saturated heterocycles. The van der Waals surface area contributed by atoms with Crippen LogP contribution in [-0.2, 0) is 17.8 Å². The molecule has 0 atom stereocenters. The predicted molar refractivity (Wildman–Crippen MR) is 91.4 cm³/mol. The fourth-order valence-electron chi connectivity index (χ4n) is 2.89. The number of piperidine rings is 1. The standard InChI is InChI=1S/C17H27BrN2O/c1-3-19-11-15-4-5-16(17(18)10-15)12-20-8-6-14(7-9-20)13-21-2/h4-5,10,14,19H,3,6-9,11-13H2,1-2H3. The lowest BCUT2D eigenvalue weighted by atomic mass is 9.97. The summed E-state index contributed by atoms with van der Waals surface area (Å²) < 4.78 is 6.50. The van der Waals surface area contributed by atoms with Crippen LogP contribution in [0, 0.1) is 5.92 Å². The molecule has 3 nitrogen and oxygen atoms in total. The van der Waals surface area contributed by atoms with Crippen molar-refractivity contribution >= 4 is 15.9 Å². The van der Waals surface area contributed by atoms with Crippen molar-refractivity contribution in [2.45, 2.75) is 32.9 Å². The number of hydrogen-bond acceptors (Lipinski definition) is 3. The molecule has 1 aliphatic heterocycles. The summed E-state index contributed by atoms with van der Waals surface area (Å²) >= 11 is 3.73. The van der Waals surface area contributed by atoms with Crippen LogP contribution in [0.2, 0.25) is 0 Å². The Morgan fingerprint density at radius 1 is 1.33 bits per heavy atom. The summed E-state index contributed by atoms with van der Waals surface area (Å²) in [6.45, 7) is 8.40. The van der Waals surface area contributed by atoms with Crippen molar-refractivity contribution in [1.29, 1.82) is 0 Å². The molecule has 21 heavy (non-hydrogen) atoms. The van der Waals surface area contributed by atoms with Gasteiger partial charge >= 0.3 is 0 Å². The predicted octanol–water partition coefficient (Wildman–Crippen LogP) is 3.42. The van der Waals surface area contributed by atoms with Gasteiger partial charge in [0.05, 0.1) is 0 Å². The average molecular weight is 355 g/mol. The number of benzene rings is 1. The van der Waals surface area contributed by atoms with Crippen LogP contribution in [-0.4, -0.2) is 38.3 Å². The molecule has 1 aromatic carbocycles. The summed E-state index contributed by atoms with van der Waals surface area (Å²) in [6, 6.07) is 6.74. The molecule has 0 saturated carbocycles. The Kier molecular flexibility index (Phi) is 7.17. The van der Waals surface area contributed by atoms with Crippen molar-refractivity contribution in [1.82, 2.24) is 10.2 Å². The Labute approximate surface area is 137 Å². The van der Waals surface area contributed by atoms with Gasteiger partial charge in [0.2, 0.25) is 0 Å². The number of methoxy groups -OCH3 is 1. The molecule has 0 unspecified atom stereocenters. The summed E-state index contributed by atoms with van der Waals surface area (Å²) in [6.07, 6.45) is 2.51. The summed E-state index contributed by atoms with van der Waals surface area (Å²) in [7, 11) is 1.80. The summed E-state index contributed by atoms with van der Waals surface area (Å²) in [5.41, 5.74) is 2.73. The molecule has 4 heteroatoms. The van der Waals surface area contributed by atoms with E-state index in [9.17, 15) is 0 Å². The second-order valence-corrected chi connectivity index (χ2v) is 6.74. The van der Waals surface area contributed by atoms with Gasteiger partial charge < -0.3 is 10.1 Å². The van der Waals surface area contributed by atoms with Gasteiger partial charge in [-0.25, -0.2) is 0 Å². The third-order valence-corrected chi connectivity index (χ3v) is 4.94. The molecule has 1 aromatic rings. The van der Waals surface area contributed by atoms with E-state index in [-0.39, 0.29) is 0 Å². The Hall–Kier alpha value is -0.420. The molecule has 0 aromatic heterocycles. The number of nitrogens with one attached hydrogen (secondary N) is 1. The van der Waals surface area contributed by atoms with Crippen LogP contribution >= 0.6 is 15.9 Å². The van der Waals surface area contributed by atoms with E-state index in [1.807, 2.05) is 0 Å². The first-order valence-electron chi connectivity index (χ1n) is 7.92.